The van der Waals surface area contributed by atoms with Gasteiger partial charge in [0.2, 0.25) is 0 Å². The zero-order valence-corrected chi connectivity index (χ0v) is 23.5. The summed E-state index contributed by atoms with van der Waals surface area (Å²) in [4.78, 5) is 0. The van der Waals surface area contributed by atoms with Crippen LogP contribution in [0.3, 0.4) is 0 Å². The minimum atomic E-state index is -0.917. The van der Waals surface area contributed by atoms with E-state index in [0.717, 1.165) is 0 Å². The van der Waals surface area contributed by atoms with Crippen molar-refractivity contribution in [2.75, 3.05) is 0 Å². The third-order valence-electron chi connectivity index (χ3n) is 7.04. The summed E-state index contributed by atoms with van der Waals surface area (Å²) in [5.41, 5.74) is 4.03. The predicted octanol–water partition coefficient (Wildman–Crippen LogP) is 7.06. The van der Waals surface area contributed by atoms with Gasteiger partial charge in [-0.05, 0) is 0 Å². The third-order valence-corrected chi connectivity index (χ3v) is 11.0. The summed E-state index contributed by atoms with van der Waals surface area (Å²) < 4.78 is 1.31. The van der Waals surface area contributed by atoms with Crippen LogP contribution in [-0.2, 0) is 5.16 Å². The van der Waals surface area contributed by atoms with Gasteiger partial charge in [-0.15, -0.1) is 0 Å². The van der Waals surface area contributed by atoms with Crippen molar-refractivity contribution in [3.05, 3.63) is 174 Å². The van der Waals surface area contributed by atoms with E-state index < -0.39 is 13.1 Å². The molecule has 0 aliphatic heterocycles. The van der Waals surface area contributed by atoms with Crippen LogP contribution in [0.2, 0.25) is 0 Å². The van der Waals surface area contributed by atoms with Crippen LogP contribution in [0.25, 0.3) is 10.8 Å². The van der Waals surface area contributed by atoms with Gasteiger partial charge in [0.1, 0.15) is 0 Å². The van der Waals surface area contributed by atoms with E-state index in [1.807, 2.05) is 0 Å². The molecule has 0 N–H and O–H groups in total. The average molecular weight is 550 g/mol. The normalized spacial score (nSPS) is 11.6. The van der Waals surface area contributed by atoms with E-state index in [2.05, 4.69) is 174 Å². The number of rotatable bonds is 6. The van der Waals surface area contributed by atoms with Crippen molar-refractivity contribution in [3.63, 3.8) is 0 Å². The van der Waals surface area contributed by atoms with Crippen molar-refractivity contribution in [2.24, 2.45) is 0 Å². The molecule has 0 aliphatic rings. The van der Waals surface area contributed by atoms with E-state index >= 15 is 0 Å². The van der Waals surface area contributed by atoms with E-state index in [0.29, 0.717) is 0 Å². The molecule has 2 heteroatoms. The van der Waals surface area contributed by atoms with Gasteiger partial charge in [0, 0.05) is 0 Å². The topological polar surface area (TPSA) is 0 Å². The Morgan fingerprint density at radius 2 is 0.865 bits per heavy atom. The Hall–Kier alpha value is -3.45. The third kappa shape index (κ3) is 4.25. The first kappa shape index (κ1) is 23.9. The van der Waals surface area contributed by atoms with Gasteiger partial charge in [-0.2, -0.15) is 0 Å². The fraction of sp³-hybridized carbons (Fsp3) is 0.0286. The molecule has 3 radical (unpaired) electrons. The van der Waals surface area contributed by atoms with Crippen LogP contribution in [0.5, 0.6) is 0 Å². The van der Waals surface area contributed by atoms with Gasteiger partial charge in [0.05, 0.1) is 0 Å². The first-order chi connectivity index (χ1) is 18.3. The molecule has 0 nitrogen and oxygen atoms in total. The van der Waals surface area contributed by atoms with Crippen LogP contribution in [0.15, 0.2) is 158 Å². The Morgan fingerprint density at radius 1 is 0.432 bits per heavy atom. The molecule has 0 saturated carbocycles. The monoisotopic (exact) mass is 551 g/mol. The number of hydrogen-bond acceptors (Lipinski definition) is 0. The standard InChI is InChI=1S/C35H26GeP/c36-33-26-25-27-15-13-14-24-32(27)34(33)35(28-16-5-1-6-17-28,29-18-7-2-8-19-29)37(30-20-9-3-10-21-30)31-22-11-4-12-23-31/h1-26H. The van der Waals surface area contributed by atoms with E-state index in [1.165, 1.54) is 42.5 Å². The molecule has 175 valence electrons. The summed E-state index contributed by atoms with van der Waals surface area (Å²) in [6.45, 7) is 0. The Kier molecular flexibility index (Phi) is 6.79. The molecular formula is C35H26GeP. The van der Waals surface area contributed by atoms with Crippen LogP contribution < -0.4 is 15.0 Å². The molecule has 0 spiro atoms. The van der Waals surface area contributed by atoms with E-state index in [1.54, 1.807) is 0 Å². The second kappa shape index (κ2) is 10.5. The number of fused-ring (bicyclic) bond motifs is 1. The molecule has 0 unspecified atom stereocenters. The van der Waals surface area contributed by atoms with Crippen LogP contribution in [-0.4, -0.2) is 16.5 Å². The van der Waals surface area contributed by atoms with Crippen molar-refractivity contribution in [2.45, 2.75) is 5.16 Å². The molecule has 0 fully saturated rings. The minimum absolute atomic E-state index is 0.411. The van der Waals surface area contributed by atoms with Crippen molar-refractivity contribution in [1.29, 1.82) is 0 Å². The summed E-state index contributed by atoms with van der Waals surface area (Å²) in [6.07, 6.45) is 0. The van der Waals surface area contributed by atoms with Crippen molar-refractivity contribution in [1.82, 2.24) is 0 Å². The van der Waals surface area contributed by atoms with Crippen LogP contribution in [0.4, 0.5) is 0 Å². The first-order valence-corrected chi connectivity index (χ1v) is 14.9. The SMILES string of the molecule is [Ge][c]1ccc2ccccc2c1C(c1ccccc1)(c1ccccc1)P(c1ccccc1)c1ccccc1. The molecule has 0 saturated heterocycles. The van der Waals surface area contributed by atoms with Crippen LogP contribution in [0, 0.1) is 0 Å². The molecule has 0 heterocycles. The quantitative estimate of drug-likeness (QED) is 0.118. The molecule has 6 aromatic carbocycles. The fourth-order valence-electron chi connectivity index (χ4n) is 5.54. The molecule has 0 bridgehead atoms. The van der Waals surface area contributed by atoms with Crippen LogP contribution >= 0.6 is 7.92 Å². The molecule has 6 rings (SSSR count). The van der Waals surface area contributed by atoms with Crippen LogP contribution in [0.1, 0.15) is 16.7 Å². The number of benzene rings is 6. The van der Waals surface area contributed by atoms with Gasteiger partial charge in [0.15, 0.2) is 0 Å². The second-order valence-corrected chi connectivity index (χ2v) is 12.7. The van der Waals surface area contributed by atoms with Crippen molar-refractivity contribution < 1.29 is 0 Å². The van der Waals surface area contributed by atoms with E-state index in [-0.39, 0.29) is 0 Å². The van der Waals surface area contributed by atoms with Gasteiger partial charge in [-0.3, -0.25) is 0 Å². The van der Waals surface area contributed by atoms with E-state index in [9.17, 15) is 0 Å². The van der Waals surface area contributed by atoms with Gasteiger partial charge in [-0.25, -0.2) is 0 Å². The van der Waals surface area contributed by atoms with E-state index in [4.69, 9.17) is 0 Å². The maximum atomic E-state index is 2.33. The molecule has 0 atom stereocenters. The summed E-state index contributed by atoms with van der Waals surface area (Å²) in [6, 6.07) is 58.0. The zero-order valence-electron chi connectivity index (χ0n) is 20.5. The summed E-state index contributed by atoms with van der Waals surface area (Å²) in [5.74, 6) is 0. The Labute approximate surface area is 229 Å². The number of hydrogen-bond donors (Lipinski definition) is 0. The predicted molar refractivity (Wildman–Crippen MR) is 161 cm³/mol. The average Bonchev–Trinajstić information content (AvgIpc) is 2.98. The maximum absolute atomic E-state index is 2.33. The first-order valence-electron chi connectivity index (χ1n) is 12.6. The molecular weight excluding hydrogens is 524 g/mol. The molecule has 0 amide bonds. The summed E-state index contributed by atoms with van der Waals surface area (Å²) >= 11 is 2.28. The molecule has 0 aliphatic carbocycles. The zero-order chi connectivity index (χ0) is 25.1. The summed E-state index contributed by atoms with van der Waals surface area (Å²) in [7, 11) is -0.917. The van der Waals surface area contributed by atoms with Gasteiger partial charge in [-0.1, -0.05) is 0 Å². The van der Waals surface area contributed by atoms with Gasteiger partial charge < -0.3 is 0 Å². The Balaban J connectivity index is 1.87. The Bertz CT molecular complexity index is 1540. The molecule has 37 heavy (non-hydrogen) atoms. The molecule has 6 aromatic rings. The second-order valence-electron chi connectivity index (χ2n) is 9.16. The van der Waals surface area contributed by atoms with Crippen molar-refractivity contribution >= 4 is 50.2 Å². The van der Waals surface area contributed by atoms with Gasteiger partial charge in [0.25, 0.3) is 0 Å². The summed E-state index contributed by atoms with van der Waals surface area (Å²) in [5, 5.41) is 4.91. The Morgan fingerprint density at radius 3 is 1.38 bits per heavy atom. The fourth-order valence-corrected chi connectivity index (χ4v) is 9.90. The van der Waals surface area contributed by atoms with Crippen molar-refractivity contribution in [3.8, 4) is 0 Å². The van der Waals surface area contributed by atoms with Gasteiger partial charge >= 0.3 is 230 Å². The molecule has 0 aromatic heterocycles.